The topological polar surface area (TPSA) is 58.2 Å². The lowest BCUT2D eigenvalue weighted by Crippen LogP contribution is -2.37. The number of imide groups is 1. The van der Waals surface area contributed by atoms with Crippen molar-refractivity contribution in [3.63, 3.8) is 0 Å². The number of rotatable bonds is 3. The highest BCUT2D eigenvalue weighted by Gasteiger charge is 2.26. The van der Waals surface area contributed by atoms with E-state index in [1.807, 2.05) is 12.1 Å². The number of nitrogens with one attached hydrogen (secondary N) is 2. The summed E-state index contributed by atoms with van der Waals surface area (Å²) in [5.41, 5.74) is 2.19. The Balaban J connectivity index is 1.70. The van der Waals surface area contributed by atoms with E-state index in [1.54, 1.807) is 0 Å². The number of anilines is 1. The van der Waals surface area contributed by atoms with E-state index in [9.17, 15) is 9.59 Å². The van der Waals surface area contributed by atoms with Gasteiger partial charge in [0, 0.05) is 30.5 Å². The fraction of sp³-hybridized carbons (Fsp3) is 0.529. The van der Waals surface area contributed by atoms with Crippen molar-refractivity contribution in [2.45, 2.75) is 56.9 Å². The van der Waals surface area contributed by atoms with Crippen molar-refractivity contribution in [2.24, 2.45) is 0 Å². The van der Waals surface area contributed by atoms with E-state index in [4.69, 9.17) is 0 Å². The Hall–Kier alpha value is -1.84. The van der Waals surface area contributed by atoms with Crippen molar-refractivity contribution in [3.05, 3.63) is 29.8 Å². The summed E-state index contributed by atoms with van der Waals surface area (Å²) >= 11 is 0. The van der Waals surface area contributed by atoms with Crippen LogP contribution in [0.4, 0.5) is 5.69 Å². The van der Waals surface area contributed by atoms with Gasteiger partial charge in [0.25, 0.3) is 0 Å². The monoisotopic (exact) mass is 286 g/mol. The molecule has 21 heavy (non-hydrogen) atoms. The first kappa shape index (κ1) is 14.1. The second kappa shape index (κ2) is 6.29. The Bertz CT molecular complexity index is 519. The van der Waals surface area contributed by atoms with E-state index in [1.165, 1.54) is 32.1 Å². The van der Waals surface area contributed by atoms with Gasteiger partial charge >= 0.3 is 0 Å². The highest BCUT2D eigenvalue weighted by atomic mass is 16.2. The van der Waals surface area contributed by atoms with Gasteiger partial charge in [0.15, 0.2) is 0 Å². The van der Waals surface area contributed by atoms with Crippen LogP contribution in [0.25, 0.3) is 0 Å². The zero-order chi connectivity index (χ0) is 14.7. The molecule has 2 aliphatic rings. The molecule has 0 unspecified atom stereocenters. The first-order valence-electron chi connectivity index (χ1n) is 7.90. The number of piperidine rings is 1. The predicted octanol–water partition coefficient (Wildman–Crippen LogP) is 2.95. The van der Waals surface area contributed by atoms with Crippen LogP contribution in [0.5, 0.6) is 0 Å². The van der Waals surface area contributed by atoms with Gasteiger partial charge in [0.05, 0.1) is 0 Å². The zero-order valence-corrected chi connectivity index (χ0v) is 12.2. The minimum atomic E-state index is -0.165. The van der Waals surface area contributed by atoms with Crippen LogP contribution >= 0.6 is 0 Å². The average molecular weight is 286 g/mol. The highest BCUT2D eigenvalue weighted by Crippen LogP contribution is 2.29. The summed E-state index contributed by atoms with van der Waals surface area (Å²) < 4.78 is 0. The summed E-state index contributed by atoms with van der Waals surface area (Å²) in [6.45, 7) is 0. The van der Waals surface area contributed by atoms with Crippen molar-refractivity contribution in [1.82, 2.24) is 5.32 Å². The summed E-state index contributed by atoms with van der Waals surface area (Å²) in [5.74, 6) is -0.317. The molecule has 3 rings (SSSR count). The molecule has 0 aromatic heterocycles. The third-order valence-corrected chi connectivity index (χ3v) is 4.48. The largest absolute Gasteiger partial charge is 0.382 e. The van der Waals surface area contributed by atoms with Gasteiger partial charge in [-0.1, -0.05) is 31.4 Å². The Labute approximate surface area is 125 Å². The van der Waals surface area contributed by atoms with E-state index in [0.717, 1.165) is 11.3 Å². The Morgan fingerprint density at radius 3 is 2.43 bits per heavy atom. The number of carbonyl (C=O) groups excluding carboxylic acids is 2. The minimum absolute atomic E-state index is 0.0133. The molecule has 0 atom stereocenters. The lowest BCUT2D eigenvalue weighted by atomic mass is 9.89. The van der Waals surface area contributed by atoms with Crippen LogP contribution in [0, 0.1) is 0 Å². The van der Waals surface area contributed by atoms with E-state index in [-0.39, 0.29) is 17.7 Å². The molecule has 1 aromatic carbocycles. The van der Waals surface area contributed by atoms with Crippen LogP contribution in [0.1, 0.15) is 56.4 Å². The third kappa shape index (κ3) is 3.63. The molecule has 1 aromatic rings. The highest BCUT2D eigenvalue weighted by molar-refractivity contribution is 5.98. The van der Waals surface area contributed by atoms with Gasteiger partial charge in [-0.25, -0.2) is 0 Å². The fourth-order valence-electron chi connectivity index (χ4n) is 3.38. The van der Waals surface area contributed by atoms with Crippen LogP contribution in [0.2, 0.25) is 0 Å². The Morgan fingerprint density at radius 2 is 1.71 bits per heavy atom. The van der Waals surface area contributed by atoms with Gasteiger partial charge in [-0.05, 0) is 30.5 Å². The lowest BCUT2D eigenvalue weighted by Gasteiger charge is -2.25. The molecule has 0 radical (unpaired) electrons. The molecule has 1 aliphatic heterocycles. The minimum Gasteiger partial charge on any atom is -0.382 e. The molecule has 112 valence electrons. The number of hydrogen-bond acceptors (Lipinski definition) is 3. The maximum atomic E-state index is 11.5. The first-order valence-corrected chi connectivity index (χ1v) is 7.90. The number of benzene rings is 1. The third-order valence-electron chi connectivity index (χ3n) is 4.48. The van der Waals surface area contributed by atoms with Crippen molar-refractivity contribution < 1.29 is 9.59 Å². The van der Waals surface area contributed by atoms with E-state index >= 15 is 0 Å². The van der Waals surface area contributed by atoms with Gasteiger partial charge in [0.1, 0.15) is 0 Å². The van der Waals surface area contributed by atoms with Crippen molar-refractivity contribution in [2.75, 3.05) is 5.32 Å². The van der Waals surface area contributed by atoms with Gasteiger partial charge in [-0.2, -0.15) is 0 Å². The first-order chi connectivity index (χ1) is 10.2. The average Bonchev–Trinajstić information content (AvgIpc) is 2.47. The molecule has 4 heteroatoms. The van der Waals surface area contributed by atoms with Crippen LogP contribution in [-0.4, -0.2) is 17.9 Å². The summed E-state index contributed by atoms with van der Waals surface area (Å²) in [5, 5.41) is 5.96. The normalized spacial score (nSPS) is 21.1. The molecule has 1 saturated carbocycles. The molecule has 0 spiro atoms. The molecule has 2 amide bonds. The van der Waals surface area contributed by atoms with Crippen molar-refractivity contribution in [3.8, 4) is 0 Å². The molecular formula is C17H22N2O2. The summed E-state index contributed by atoms with van der Waals surface area (Å²) in [6.07, 6.45) is 7.21. The van der Waals surface area contributed by atoms with Crippen molar-refractivity contribution >= 4 is 17.5 Å². The van der Waals surface area contributed by atoms with Gasteiger partial charge in [0.2, 0.25) is 11.8 Å². The smallest absolute Gasteiger partial charge is 0.227 e. The number of amides is 2. The second-order valence-corrected chi connectivity index (χ2v) is 6.18. The van der Waals surface area contributed by atoms with E-state index < -0.39 is 0 Å². The van der Waals surface area contributed by atoms with Crippen LogP contribution in [-0.2, 0) is 9.59 Å². The van der Waals surface area contributed by atoms with E-state index in [2.05, 4.69) is 22.8 Å². The predicted molar refractivity (Wildman–Crippen MR) is 82.1 cm³/mol. The zero-order valence-electron chi connectivity index (χ0n) is 12.2. The summed E-state index contributed by atoms with van der Waals surface area (Å²) in [4.78, 5) is 23.0. The Kier molecular flexibility index (Phi) is 4.23. The molecule has 2 fully saturated rings. The second-order valence-electron chi connectivity index (χ2n) is 6.18. The fourth-order valence-corrected chi connectivity index (χ4v) is 3.38. The molecule has 0 bridgehead atoms. The van der Waals surface area contributed by atoms with Crippen LogP contribution in [0.15, 0.2) is 24.3 Å². The number of carbonyl (C=O) groups is 2. The molecular weight excluding hydrogens is 264 g/mol. The maximum Gasteiger partial charge on any atom is 0.227 e. The van der Waals surface area contributed by atoms with Crippen LogP contribution < -0.4 is 10.6 Å². The van der Waals surface area contributed by atoms with Crippen LogP contribution in [0.3, 0.4) is 0 Å². The van der Waals surface area contributed by atoms with Gasteiger partial charge < -0.3 is 5.32 Å². The molecule has 1 heterocycles. The molecule has 2 N–H and O–H groups in total. The summed E-state index contributed by atoms with van der Waals surface area (Å²) in [6, 6.07) is 8.76. The van der Waals surface area contributed by atoms with Crippen molar-refractivity contribution in [1.29, 1.82) is 0 Å². The number of hydrogen-bond donors (Lipinski definition) is 2. The molecule has 4 nitrogen and oxygen atoms in total. The SMILES string of the molecule is O=C1CC(c2cccc(NC3CCCCC3)c2)CC(=O)N1. The van der Waals surface area contributed by atoms with Gasteiger partial charge in [-0.3, -0.25) is 14.9 Å². The van der Waals surface area contributed by atoms with E-state index in [0.29, 0.717) is 18.9 Å². The molecule has 1 saturated heterocycles. The maximum absolute atomic E-state index is 11.5. The summed E-state index contributed by atoms with van der Waals surface area (Å²) in [7, 11) is 0. The Morgan fingerprint density at radius 1 is 1.00 bits per heavy atom. The quantitative estimate of drug-likeness (QED) is 0.840. The van der Waals surface area contributed by atoms with Gasteiger partial charge in [-0.15, -0.1) is 0 Å². The standard InChI is InChI=1S/C17H22N2O2/c20-16-10-13(11-17(21)19-16)12-5-4-8-15(9-12)18-14-6-2-1-3-7-14/h4-5,8-9,13-14,18H,1-3,6-7,10-11H2,(H,19,20,21). The lowest BCUT2D eigenvalue weighted by molar-refractivity contribution is -0.133. The molecule has 1 aliphatic carbocycles.